The Kier molecular flexibility index (Phi) is 14.5. The van der Waals surface area contributed by atoms with Gasteiger partial charge in [0.2, 0.25) is 5.91 Å². The second kappa shape index (κ2) is 17.3. The van der Waals surface area contributed by atoms with Gasteiger partial charge < -0.3 is 30.1 Å². The van der Waals surface area contributed by atoms with Crippen molar-refractivity contribution in [2.24, 2.45) is 0 Å². The van der Waals surface area contributed by atoms with Crippen LogP contribution in [0.5, 0.6) is 0 Å². The van der Waals surface area contributed by atoms with Crippen LogP contribution in [0.4, 0.5) is 5.69 Å². The molecule has 1 aliphatic rings. The molecule has 0 aliphatic carbocycles. The Morgan fingerprint density at radius 2 is 1.71 bits per heavy atom. The van der Waals surface area contributed by atoms with Crippen molar-refractivity contribution in [1.82, 2.24) is 0 Å². The number of thiophene rings is 1. The number of hydrogen-bond donors (Lipinski definition) is 4. The Balaban J connectivity index is 0.000000268. The van der Waals surface area contributed by atoms with Gasteiger partial charge in [0.1, 0.15) is 29.8 Å². The first-order valence-corrected chi connectivity index (χ1v) is 14.4. The van der Waals surface area contributed by atoms with Crippen molar-refractivity contribution in [3.63, 3.8) is 0 Å². The number of carbonyl (C=O) groups is 2. The number of carbonyl (C=O) groups excluding carboxylic acids is 2. The summed E-state index contributed by atoms with van der Waals surface area (Å²) in [5, 5.41) is 36.7. The lowest BCUT2D eigenvalue weighted by Gasteiger charge is -2.20. The number of aliphatic hydroxyl groups excluding tert-OH is 4. The molecule has 1 aromatic heterocycles. The summed E-state index contributed by atoms with van der Waals surface area (Å²) in [7, 11) is 0. The molecular weight excluding hydrogens is 506 g/mol. The highest BCUT2D eigenvalue weighted by atomic mass is 32.1. The highest BCUT2D eigenvalue weighted by molar-refractivity contribution is 7.13. The fourth-order valence-electron chi connectivity index (χ4n) is 4.08. The molecule has 212 valence electrons. The molecule has 9 heteroatoms. The molecule has 0 bridgehead atoms. The summed E-state index contributed by atoms with van der Waals surface area (Å²) in [5.41, 5.74) is 2.45. The normalized spacial score (nSPS) is 15.5. The predicted octanol–water partition coefficient (Wildman–Crippen LogP) is 3.87. The zero-order valence-corrected chi connectivity index (χ0v) is 23.4. The first-order valence-electron chi connectivity index (χ1n) is 13.6. The number of aryl methyl sites for hydroxylation is 2. The van der Waals surface area contributed by atoms with Crippen molar-refractivity contribution >= 4 is 28.9 Å². The Morgan fingerprint density at radius 1 is 0.974 bits per heavy atom. The summed E-state index contributed by atoms with van der Waals surface area (Å²) in [4.78, 5) is 26.8. The quantitative estimate of drug-likeness (QED) is 0.208. The van der Waals surface area contributed by atoms with Gasteiger partial charge in [0.15, 0.2) is 0 Å². The van der Waals surface area contributed by atoms with Gasteiger partial charge in [0.05, 0.1) is 6.61 Å². The van der Waals surface area contributed by atoms with Gasteiger partial charge in [-0.15, -0.1) is 11.3 Å². The van der Waals surface area contributed by atoms with Gasteiger partial charge in [0, 0.05) is 23.5 Å². The van der Waals surface area contributed by atoms with E-state index < -0.39 is 37.5 Å². The number of aliphatic hydroxyl groups is 4. The second-order valence-electron chi connectivity index (χ2n) is 9.55. The van der Waals surface area contributed by atoms with E-state index in [0.29, 0.717) is 11.3 Å². The van der Waals surface area contributed by atoms with E-state index in [4.69, 9.17) is 14.9 Å². The number of anilines is 1. The third-order valence-corrected chi connectivity index (χ3v) is 7.49. The lowest BCUT2D eigenvalue weighted by molar-refractivity contribution is -0.117. The molecule has 3 unspecified atom stereocenters. The molecule has 0 radical (unpaired) electrons. The summed E-state index contributed by atoms with van der Waals surface area (Å²) in [6, 6.07) is 12.0. The Morgan fingerprint density at radius 3 is 2.32 bits per heavy atom. The number of amides is 1. The van der Waals surface area contributed by atoms with Crippen molar-refractivity contribution in [3.8, 4) is 0 Å². The van der Waals surface area contributed by atoms with Crippen molar-refractivity contribution in [2.45, 2.75) is 89.9 Å². The molecule has 1 amide bonds. The summed E-state index contributed by atoms with van der Waals surface area (Å²) >= 11 is 1.33. The largest absolute Gasteiger partial charge is 0.459 e. The number of rotatable bonds is 14. The van der Waals surface area contributed by atoms with Crippen LogP contribution in [0, 0.1) is 0 Å². The first kappa shape index (κ1) is 31.9. The fourth-order valence-corrected chi connectivity index (χ4v) is 5.09. The number of hydrogen-bond acceptors (Lipinski definition) is 8. The highest BCUT2D eigenvalue weighted by Gasteiger charge is 2.25. The van der Waals surface area contributed by atoms with Crippen molar-refractivity contribution < 1.29 is 34.8 Å². The third-order valence-electron chi connectivity index (χ3n) is 6.36. The van der Waals surface area contributed by atoms with Crippen LogP contribution < -0.4 is 4.90 Å². The molecule has 8 nitrogen and oxygen atoms in total. The monoisotopic (exact) mass is 549 g/mol. The average molecular weight is 550 g/mol. The number of esters is 1. The minimum absolute atomic E-state index is 0.269. The second-order valence-corrected chi connectivity index (χ2v) is 10.7. The van der Waals surface area contributed by atoms with Gasteiger partial charge in [-0.25, -0.2) is 4.79 Å². The molecule has 1 aromatic carbocycles. The van der Waals surface area contributed by atoms with E-state index >= 15 is 0 Å². The van der Waals surface area contributed by atoms with E-state index in [-0.39, 0.29) is 5.91 Å². The molecule has 0 saturated carbocycles. The molecule has 4 N–H and O–H groups in total. The summed E-state index contributed by atoms with van der Waals surface area (Å²) in [6.07, 6.45) is 5.48. The maximum atomic E-state index is 11.7. The first-order chi connectivity index (χ1) is 18.3. The van der Waals surface area contributed by atoms with Crippen LogP contribution >= 0.6 is 11.3 Å². The predicted molar refractivity (Wildman–Crippen MR) is 150 cm³/mol. The summed E-state index contributed by atoms with van der Waals surface area (Å²) in [5.74, 6) is -0.312. The number of ether oxygens (including phenoxy) is 1. The van der Waals surface area contributed by atoms with Gasteiger partial charge in [0.25, 0.3) is 0 Å². The molecule has 3 atom stereocenters. The molecular formula is C29H43NO7S. The van der Waals surface area contributed by atoms with Crippen molar-refractivity contribution in [1.29, 1.82) is 0 Å². The Labute approximate surface area is 229 Å². The average Bonchev–Trinajstić information content (AvgIpc) is 3.58. The molecule has 2 heterocycles. The van der Waals surface area contributed by atoms with E-state index in [1.165, 1.54) is 42.6 Å². The number of benzene rings is 1. The lowest BCUT2D eigenvalue weighted by atomic mass is 10.1. The van der Waals surface area contributed by atoms with E-state index in [2.05, 4.69) is 31.2 Å². The molecule has 2 aromatic rings. The standard InChI is InChI=1S/C16H23NO.C13H20O6S/c1-2-3-4-5-7-14-9-11-15(12-10-14)17-13-6-8-16(17)18;1-2-3-8-4-5-11(20-8)13(18)19-7-10(16)12(17)9(15)6-14/h9-12H,2-8,13H2,1H3;4-5,9-10,12,14-17H,2-3,6-7H2,1H3. The summed E-state index contributed by atoms with van der Waals surface area (Å²) in [6.45, 7) is 4.04. The SMILES string of the molecule is CCCCCCc1ccc(N2CCCC2=O)cc1.CCCc1ccc(C(=O)OCC(O)C(O)C(O)CO)s1. The van der Waals surface area contributed by atoms with E-state index in [0.717, 1.165) is 42.8 Å². The molecule has 0 spiro atoms. The van der Waals surface area contributed by atoms with Crippen LogP contribution in [0.1, 0.15) is 78.9 Å². The maximum Gasteiger partial charge on any atom is 0.348 e. The van der Waals surface area contributed by atoms with Gasteiger partial charge >= 0.3 is 5.97 Å². The van der Waals surface area contributed by atoms with Crippen molar-refractivity contribution in [2.75, 3.05) is 24.7 Å². The third kappa shape index (κ3) is 10.5. The van der Waals surface area contributed by atoms with E-state index in [1.807, 2.05) is 17.9 Å². The van der Waals surface area contributed by atoms with Crippen LogP contribution in [0.15, 0.2) is 36.4 Å². The maximum absolute atomic E-state index is 11.7. The van der Waals surface area contributed by atoms with Crippen LogP contribution in [-0.2, 0) is 22.4 Å². The van der Waals surface area contributed by atoms with Gasteiger partial charge in [-0.05, 0) is 55.5 Å². The van der Waals surface area contributed by atoms with Crippen LogP contribution in [0.25, 0.3) is 0 Å². The molecule has 38 heavy (non-hydrogen) atoms. The fraction of sp³-hybridized carbons (Fsp3) is 0.586. The smallest absolute Gasteiger partial charge is 0.348 e. The van der Waals surface area contributed by atoms with Crippen LogP contribution in [-0.4, -0.2) is 70.4 Å². The van der Waals surface area contributed by atoms with E-state index in [1.54, 1.807) is 6.07 Å². The Bertz CT molecular complexity index is 962. The number of unbranched alkanes of at least 4 members (excludes halogenated alkanes) is 3. The van der Waals surface area contributed by atoms with Crippen LogP contribution in [0.2, 0.25) is 0 Å². The molecule has 3 rings (SSSR count). The van der Waals surface area contributed by atoms with Gasteiger partial charge in [-0.3, -0.25) is 4.79 Å². The minimum Gasteiger partial charge on any atom is -0.459 e. The lowest BCUT2D eigenvalue weighted by Crippen LogP contribution is -2.42. The zero-order chi connectivity index (χ0) is 27.9. The molecule has 1 saturated heterocycles. The highest BCUT2D eigenvalue weighted by Crippen LogP contribution is 2.22. The summed E-state index contributed by atoms with van der Waals surface area (Å²) < 4.78 is 4.87. The van der Waals surface area contributed by atoms with E-state index in [9.17, 15) is 19.8 Å². The molecule has 1 fully saturated rings. The number of nitrogens with zero attached hydrogens (tertiary/aromatic N) is 1. The topological polar surface area (TPSA) is 128 Å². The molecule has 1 aliphatic heterocycles. The minimum atomic E-state index is -1.56. The van der Waals surface area contributed by atoms with Gasteiger partial charge in [-0.1, -0.05) is 51.7 Å². The van der Waals surface area contributed by atoms with Gasteiger partial charge in [-0.2, -0.15) is 0 Å². The van der Waals surface area contributed by atoms with Crippen molar-refractivity contribution in [3.05, 3.63) is 51.7 Å². The Hall–Kier alpha value is -2.30. The zero-order valence-electron chi connectivity index (χ0n) is 22.6. The van der Waals surface area contributed by atoms with Crippen LogP contribution in [0.3, 0.4) is 0 Å².